The van der Waals surface area contributed by atoms with Crippen molar-refractivity contribution in [2.45, 2.75) is 43.8 Å². The molecule has 2 atom stereocenters. The Labute approximate surface area is 211 Å². The molecular formula is C29H32N4O3. The van der Waals surface area contributed by atoms with E-state index in [0.717, 1.165) is 41.8 Å². The summed E-state index contributed by atoms with van der Waals surface area (Å²) in [6.45, 7) is 9.85. The van der Waals surface area contributed by atoms with Gasteiger partial charge in [0.25, 0.3) is 5.91 Å². The van der Waals surface area contributed by atoms with Crippen molar-refractivity contribution >= 4 is 17.5 Å². The lowest BCUT2D eigenvalue weighted by atomic mass is 9.87. The van der Waals surface area contributed by atoms with Gasteiger partial charge in [0.2, 0.25) is 5.91 Å². The van der Waals surface area contributed by atoms with Gasteiger partial charge in [-0.2, -0.15) is 0 Å². The lowest BCUT2D eigenvalue weighted by molar-refractivity contribution is -0.139. The second-order valence-electron chi connectivity index (χ2n) is 10.5. The van der Waals surface area contributed by atoms with E-state index in [1.165, 1.54) is 11.1 Å². The van der Waals surface area contributed by atoms with Gasteiger partial charge in [0, 0.05) is 24.4 Å². The quantitative estimate of drug-likeness (QED) is 0.658. The Bertz CT molecular complexity index is 1280. The number of hydrogen-bond donors (Lipinski definition) is 2. The predicted octanol–water partition coefficient (Wildman–Crippen LogP) is 3.34. The lowest BCUT2D eigenvalue weighted by Gasteiger charge is -2.40. The van der Waals surface area contributed by atoms with Crippen LogP contribution in [0.15, 0.2) is 61.4 Å². The second-order valence-corrected chi connectivity index (χ2v) is 10.5. The van der Waals surface area contributed by atoms with Crippen LogP contribution in [0.25, 0.3) is 5.70 Å². The van der Waals surface area contributed by atoms with E-state index in [2.05, 4.69) is 53.0 Å². The number of ether oxygens (including phenoxy) is 1. The summed E-state index contributed by atoms with van der Waals surface area (Å²) in [5.41, 5.74) is 4.44. The van der Waals surface area contributed by atoms with E-state index in [1.807, 2.05) is 23.1 Å². The number of amides is 2. The maximum atomic E-state index is 13.9. The molecule has 0 radical (unpaired) electrons. The number of rotatable bonds is 6. The molecule has 1 saturated heterocycles. The van der Waals surface area contributed by atoms with Crippen molar-refractivity contribution in [2.24, 2.45) is 5.92 Å². The second kappa shape index (κ2) is 8.43. The summed E-state index contributed by atoms with van der Waals surface area (Å²) in [6.07, 6.45) is 3.18. The Morgan fingerprint density at radius 2 is 1.97 bits per heavy atom. The first kappa shape index (κ1) is 22.7. The third kappa shape index (κ3) is 3.74. The first-order valence-corrected chi connectivity index (χ1v) is 12.7. The maximum absolute atomic E-state index is 13.9. The average Bonchev–Trinajstić information content (AvgIpc) is 3.62. The molecule has 2 aromatic carbocycles. The zero-order chi connectivity index (χ0) is 25.0. The Hall–Kier alpha value is -3.74. The molecule has 3 heterocycles. The normalized spacial score (nSPS) is 24.8. The summed E-state index contributed by atoms with van der Waals surface area (Å²) < 4.78 is 5.39. The van der Waals surface area contributed by atoms with Crippen LogP contribution in [0.3, 0.4) is 0 Å². The molecule has 2 aromatic rings. The molecule has 2 N–H and O–H groups in total. The summed E-state index contributed by atoms with van der Waals surface area (Å²) >= 11 is 0. The highest BCUT2D eigenvalue weighted by Gasteiger charge is 2.50. The highest BCUT2D eigenvalue weighted by atomic mass is 16.5. The van der Waals surface area contributed by atoms with Crippen molar-refractivity contribution in [1.29, 1.82) is 0 Å². The van der Waals surface area contributed by atoms with E-state index >= 15 is 0 Å². The number of carbonyl (C=O) groups excluding carboxylic acids is 2. The average molecular weight is 485 g/mol. The van der Waals surface area contributed by atoms with Gasteiger partial charge in [-0.05, 0) is 54.0 Å². The van der Waals surface area contributed by atoms with Crippen LogP contribution in [-0.4, -0.2) is 47.4 Å². The van der Waals surface area contributed by atoms with Crippen LogP contribution in [0.4, 0.5) is 0 Å². The Kier molecular flexibility index (Phi) is 5.32. The minimum Gasteiger partial charge on any atom is -0.497 e. The molecule has 2 unspecified atom stereocenters. The zero-order valence-electron chi connectivity index (χ0n) is 20.7. The highest BCUT2D eigenvalue weighted by molar-refractivity contribution is 5.96. The standard InChI is InChI=1S/C29H32N4O3/c1-18-25-14-23(36-3)11-10-22(25)16-32(18)17-29(28(35)30-19(2)31-29)15-26(34)33-13-12-20-6-4-5-7-24(20)27(33)21-8-9-21/h4-7,10-11,14,21,27,31H,1-2,8-9,12-13,15-17H2,3H3,(H,30,35). The Morgan fingerprint density at radius 3 is 2.69 bits per heavy atom. The van der Waals surface area contributed by atoms with E-state index in [4.69, 9.17) is 4.74 Å². The van der Waals surface area contributed by atoms with Crippen molar-refractivity contribution in [3.05, 3.63) is 83.7 Å². The molecule has 2 fully saturated rings. The Morgan fingerprint density at radius 1 is 1.17 bits per heavy atom. The van der Waals surface area contributed by atoms with Crippen molar-refractivity contribution in [1.82, 2.24) is 20.4 Å². The van der Waals surface area contributed by atoms with Gasteiger partial charge in [0.05, 0.1) is 31.9 Å². The van der Waals surface area contributed by atoms with Gasteiger partial charge in [-0.25, -0.2) is 0 Å². The van der Waals surface area contributed by atoms with Gasteiger partial charge in [-0.1, -0.05) is 43.5 Å². The molecule has 7 nitrogen and oxygen atoms in total. The number of methoxy groups -OCH3 is 1. The van der Waals surface area contributed by atoms with Gasteiger partial charge in [-0.3, -0.25) is 9.59 Å². The third-order valence-corrected chi connectivity index (χ3v) is 8.09. The number of carbonyl (C=O) groups is 2. The molecule has 1 aliphatic carbocycles. The van der Waals surface area contributed by atoms with Crippen molar-refractivity contribution < 1.29 is 14.3 Å². The molecule has 4 aliphatic rings. The van der Waals surface area contributed by atoms with Crippen LogP contribution in [-0.2, 0) is 22.6 Å². The van der Waals surface area contributed by atoms with Crippen molar-refractivity contribution in [3.63, 3.8) is 0 Å². The minimum absolute atomic E-state index is 0.00254. The first-order valence-electron chi connectivity index (χ1n) is 12.7. The van der Waals surface area contributed by atoms with Gasteiger partial charge < -0.3 is 25.2 Å². The molecule has 7 heteroatoms. The lowest BCUT2D eigenvalue weighted by Crippen LogP contribution is -2.57. The summed E-state index contributed by atoms with van der Waals surface area (Å²) in [6, 6.07) is 14.5. The predicted molar refractivity (Wildman–Crippen MR) is 138 cm³/mol. The van der Waals surface area contributed by atoms with E-state index in [-0.39, 0.29) is 24.3 Å². The van der Waals surface area contributed by atoms with Crippen molar-refractivity contribution in [3.8, 4) is 5.75 Å². The monoisotopic (exact) mass is 484 g/mol. The third-order valence-electron chi connectivity index (χ3n) is 8.09. The molecular weight excluding hydrogens is 452 g/mol. The number of benzene rings is 2. The van der Waals surface area contributed by atoms with Crippen LogP contribution < -0.4 is 15.4 Å². The van der Waals surface area contributed by atoms with Gasteiger partial charge >= 0.3 is 0 Å². The summed E-state index contributed by atoms with van der Waals surface area (Å²) in [5, 5.41) is 6.07. The summed E-state index contributed by atoms with van der Waals surface area (Å²) in [5.74, 6) is 1.47. The van der Waals surface area contributed by atoms with Crippen LogP contribution in [0.2, 0.25) is 0 Å². The van der Waals surface area contributed by atoms with E-state index in [0.29, 0.717) is 31.4 Å². The molecule has 36 heavy (non-hydrogen) atoms. The topological polar surface area (TPSA) is 73.9 Å². The van der Waals surface area contributed by atoms with E-state index in [9.17, 15) is 9.59 Å². The number of fused-ring (bicyclic) bond motifs is 2. The number of nitrogens with zero attached hydrogens (tertiary/aromatic N) is 2. The first-order chi connectivity index (χ1) is 17.4. The van der Waals surface area contributed by atoms with Gasteiger partial charge in [0.1, 0.15) is 11.3 Å². The maximum Gasteiger partial charge on any atom is 0.253 e. The number of hydrogen-bond acceptors (Lipinski definition) is 5. The van der Waals surface area contributed by atoms with E-state index < -0.39 is 5.54 Å². The molecule has 186 valence electrons. The molecule has 0 bridgehead atoms. The molecule has 0 spiro atoms. The van der Waals surface area contributed by atoms with Crippen LogP contribution in [0.1, 0.15) is 47.6 Å². The zero-order valence-corrected chi connectivity index (χ0v) is 20.7. The van der Waals surface area contributed by atoms with Gasteiger partial charge in [0.15, 0.2) is 0 Å². The van der Waals surface area contributed by atoms with Crippen molar-refractivity contribution in [2.75, 3.05) is 20.2 Å². The molecule has 1 saturated carbocycles. The Balaban J connectivity index is 1.27. The fourth-order valence-electron chi connectivity index (χ4n) is 6.12. The largest absolute Gasteiger partial charge is 0.497 e. The molecule has 0 aromatic heterocycles. The van der Waals surface area contributed by atoms with Crippen LogP contribution in [0.5, 0.6) is 5.75 Å². The fourth-order valence-corrected chi connectivity index (χ4v) is 6.12. The minimum atomic E-state index is -1.12. The smallest absolute Gasteiger partial charge is 0.253 e. The van der Waals surface area contributed by atoms with Gasteiger partial charge in [-0.15, -0.1) is 0 Å². The summed E-state index contributed by atoms with van der Waals surface area (Å²) in [7, 11) is 1.64. The van der Waals surface area contributed by atoms with E-state index in [1.54, 1.807) is 7.11 Å². The highest BCUT2D eigenvalue weighted by Crippen LogP contribution is 2.48. The SMILES string of the molecule is C=C1NC(=O)C(CC(=O)N2CCc3ccccc3C2C2CC2)(CN2Cc3ccc(OC)cc3C2=C)N1. The molecule has 2 amide bonds. The molecule has 6 rings (SSSR count). The van der Waals surface area contributed by atoms with Crippen LogP contribution in [0, 0.1) is 5.92 Å². The molecule has 3 aliphatic heterocycles. The van der Waals surface area contributed by atoms with Crippen LogP contribution >= 0.6 is 0 Å². The fraction of sp³-hybridized carbons (Fsp3) is 0.379. The summed E-state index contributed by atoms with van der Waals surface area (Å²) in [4.78, 5) is 31.4. The number of nitrogens with one attached hydrogen (secondary N) is 2.